The van der Waals surface area contributed by atoms with Crippen LogP contribution in [0.1, 0.15) is 23.3 Å². The predicted octanol–water partition coefficient (Wildman–Crippen LogP) is 1.31. The molecule has 1 aromatic carbocycles. The fourth-order valence-corrected chi connectivity index (χ4v) is 1.99. The molecule has 19 heavy (non-hydrogen) atoms. The highest BCUT2D eigenvalue weighted by atomic mass is 16.2. The van der Waals surface area contributed by atoms with Crippen LogP contribution in [0.3, 0.4) is 0 Å². The number of carbonyl (C=O) groups is 1. The number of nitriles is 1. The number of H-pyrrole nitrogens is 1. The van der Waals surface area contributed by atoms with Crippen LogP contribution >= 0.6 is 0 Å². The van der Waals surface area contributed by atoms with Gasteiger partial charge >= 0.3 is 0 Å². The highest BCUT2D eigenvalue weighted by Crippen LogP contribution is 2.34. The molecular formula is C14H11N3O2. The number of aromatic amines is 1. The minimum Gasteiger partial charge on any atom is -0.350 e. The van der Waals surface area contributed by atoms with Gasteiger partial charge in [-0.05, 0) is 25.0 Å². The Morgan fingerprint density at radius 1 is 1.37 bits per heavy atom. The second-order valence-electron chi connectivity index (χ2n) is 4.74. The third kappa shape index (κ3) is 1.97. The molecule has 1 heterocycles. The van der Waals surface area contributed by atoms with E-state index < -0.39 is 11.4 Å². The molecule has 0 atom stereocenters. The van der Waals surface area contributed by atoms with Crippen LogP contribution in [-0.2, 0) is 0 Å². The predicted molar refractivity (Wildman–Crippen MR) is 69.6 cm³/mol. The Labute approximate surface area is 108 Å². The molecular weight excluding hydrogens is 242 g/mol. The number of benzene rings is 1. The number of para-hydroxylation sites is 1. The van der Waals surface area contributed by atoms with Crippen molar-refractivity contribution in [3.05, 3.63) is 46.2 Å². The molecule has 0 bridgehead atoms. The summed E-state index contributed by atoms with van der Waals surface area (Å²) in [5.41, 5.74) is -0.145. The molecule has 0 spiro atoms. The van der Waals surface area contributed by atoms with Gasteiger partial charge in [0.05, 0.1) is 6.07 Å². The summed E-state index contributed by atoms with van der Waals surface area (Å²) in [6, 6.07) is 10.4. The zero-order valence-corrected chi connectivity index (χ0v) is 10.1. The summed E-state index contributed by atoms with van der Waals surface area (Å²) >= 11 is 0. The third-order valence-electron chi connectivity index (χ3n) is 3.30. The third-order valence-corrected chi connectivity index (χ3v) is 3.30. The van der Waals surface area contributed by atoms with Crippen LogP contribution in [0.4, 0.5) is 0 Å². The standard InChI is InChI=1S/C14H11N3O2/c15-8-14(5-6-14)17-13(19)11-7-12(18)9-3-1-2-4-10(9)16-11/h1-4,7H,5-6H2,(H,16,18)(H,17,19). The van der Waals surface area contributed by atoms with Gasteiger partial charge in [0.15, 0.2) is 5.43 Å². The van der Waals surface area contributed by atoms with Gasteiger partial charge in [-0.2, -0.15) is 5.26 Å². The first-order valence-corrected chi connectivity index (χ1v) is 5.99. The maximum absolute atomic E-state index is 12.0. The van der Waals surface area contributed by atoms with E-state index in [9.17, 15) is 9.59 Å². The lowest BCUT2D eigenvalue weighted by Gasteiger charge is -2.09. The van der Waals surface area contributed by atoms with Crippen molar-refractivity contribution in [2.75, 3.05) is 0 Å². The average molecular weight is 253 g/mol. The van der Waals surface area contributed by atoms with Gasteiger partial charge < -0.3 is 10.3 Å². The Morgan fingerprint density at radius 3 is 2.79 bits per heavy atom. The summed E-state index contributed by atoms with van der Waals surface area (Å²) in [6.07, 6.45) is 1.32. The zero-order valence-electron chi connectivity index (χ0n) is 10.1. The molecule has 1 aliphatic carbocycles. The Bertz CT molecular complexity index is 766. The van der Waals surface area contributed by atoms with Crippen LogP contribution in [0, 0.1) is 11.3 Å². The molecule has 0 unspecified atom stereocenters. The van der Waals surface area contributed by atoms with Crippen LogP contribution in [-0.4, -0.2) is 16.4 Å². The molecule has 1 fully saturated rings. The fourth-order valence-electron chi connectivity index (χ4n) is 1.99. The van der Waals surface area contributed by atoms with E-state index in [1.165, 1.54) is 6.07 Å². The molecule has 3 rings (SSSR count). The van der Waals surface area contributed by atoms with E-state index in [2.05, 4.69) is 16.4 Å². The summed E-state index contributed by atoms with van der Waals surface area (Å²) in [5.74, 6) is -0.415. The summed E-state index contributed by atoms with van der Waals surface area (Å²) in [5, 5.41) is 12.1. The lowest BCUT2D eigenvalue weighted by atomic mass is 10.2. The lowest BCUT2D eigenvalue weighted by molar-refractivity contribution is 0.0937. The number of nitrogens with zero attached hydrogens (tertiary/aromatic N) is 1. The first-order chi connectivity index (χ1) is 9.13. The Hall–Kier alpha value is -2.61. The van der Waals surface area contributed by atoms with Crippen LogP contribution in [0.15, 0.2) is 35.1 Å². The number of pyridine rings is 1. The largest absolute Gasteiger partial charge is 0.350 e. The summed E-state index contributed by atoms with van der Waals surface area (Å²) in [6.45, 7) is 0. The van der Waals surface area contributed by atoms with Crippen molar-refractivity contribution in [2.24, 2.45) is 0 Å². The number of aromatic nitrogens is 1. The smallest absolute Gasteiger partial charge is 0.269 e. The van der Waals surface area contributed by atoms with E-state index in [0.717, 1.165) is 0 Å². The fraction of sp³-hybridized carbons (Fsp3) is 0.214. The average Bonchev–Trinajstić information content (AvgIpc) is 3.19. The highest BCUT2D eigenvalue weighted by molar-refractivity contribution is 5.95. The number of hydrogen-bond acceptors (Lipinski definition) is 3. The van der Waals surface area contributed by atoms with Crippen molar-refractivity contribution < 1.29 is 4.79 Å². The van der Waals surface area contributed by atoms with E-state index in [4.69, 9.17) is 5.26 Å². The normalized spacial score (nSPS) is 15.7. The van der Waals surface area contributed by atoms with Gasteiger partial charge in [0.2, 0.25) is 0 Å². The molecule has 0 saturated heterocycles. The number of nitrogens with one attached hydrogen (secondary N) is 2. The summed E-state index contributed by atoms with van der Waals surface area (Å²) in [7, 11) is 0. The molecule has 94 valence electrons. The van der Waals surface area contributed by atoms with Gasteiger partial charge in [0, 0.05) is 17.0 Å². The van der Waals surface area contributed by atoms with E-state index in [1.807, 2.05) is 0 Å². The topological polar surface area (TPSA) is 85.8 Å². The zero-order chi connectivity index (χ0) is 13.5. The second kappa shape index (κ2) is 3.95. The second-order valence-corrected chi connectivity index (χ2v) is 4.74. The van der Waals surface area contributed by atoms with Gasteiger partial charge in [-0.1, -0.05) is 12.1 Å². The van der Waals surface area contributed by atoms with Gasteiger partial charge in [-0.15, -0.1) is 0 Å². The number of rotatable bonds is 2. The van der Waals surface area contributed by atoms with Gasteiger partial charge in [0.1, 0.15) is 11.2 Å². The lowest BCUT2D eigenvalue weighted by Crippen LogP contribution is -2.36. The molecule has 0 radical (unpaired) electrons. The molecule has 1 aromatic heterocycles. The molecule has 2 N–H and O–H groups in total. The van der Waals surface area contributed by atoms with E-state index in [1.54, 1.807) is 24.3 Å². The molecule has 5 heteroatoms. The molecule has 1 amide bonds. The number of amides is 1. The monoisotopic (exact) mass is 253 g/mol. The van der Waals surface area contributed by atoms with E-state index in [-0.39, 0.29) is 11.1 Å². The van der Waals surface area contributed by atoms with E-state index in [0.29, 0.717) is 23.7 Å². The van der Waals surface area contributed by atoms with Gasteiger partial charge in [-0.25, -0.2) is 0 Å². The highest BCUT2D eigenvalue weighted by Gasteiger charge is 2.44. The number of carbonyl (C=O) groups excluding carboxylic acids is 1. The molecule has 1 saturated carbocycles. The van der Waals surface area contributed by atoms with Crippen molar-refractivity contribution >= 4 is 16.8 Å². The van der Waals surface area contributed by atoms with E-state index >= 15 is 0 Å². The first kappa shape index (κ1) is 11.5. The minimum absolute atomic E-state index is 0.185. The molecule has 5 nitrogen and oxygen atoms in total. The van der Waals surface area contributed by atoms with Crippen molar-refractivity contribution in [1.82, 2.24) is 10.3 Å². The number of hydrogen-bond donors (Lipinski definition) is 2. The summed E-state index contributed by atoms with van der Waals surface area (Å²) < 4.78 is 0. The Kier molecular flexibility index (Phi) is 2.39. The Morgan fingerprint density at radius 2 is 2.11 bits per heavy atom. The maximum atomic E-state index is 12.0. The molecule has 1 aliphatic rings. The molecule has 2 aromatic rings. The van der Waals surface area contributed by atoms with Gasteiger partial charge in [-0.3, -0.25) is 9.59 Å². The van der Waals surface area contributed by atoms with Crippen LogP contribution in [0.25, 0.3) is 10.9 Å². The van der Waals surface area contributed by atoms with Crippen LogP contribution in [0.2, 0.25) is 0 Å². The summed E-state index contributed by atoms with van der Waals surface area (Å²) in [4.78, 5) is 26.8. The van der Waals surface area contributed by atoms with Crippen molar-refractivity contribution in [3.8, 4) is 6.07 Å². The van der Waals surface area contributed by atoms with Crippen molar-refractivity contribution in [2.45, 2.75) is 18.4 Å². The van der Waals surface area contributed by atoms with Gasteiger partial charge in [0.25, 0.3) is 5.91 Å². The number of fused-ring (bicyclic) bond motifs is 1. The van der Waals surface area contributed by atoms with Crippen molar-refractivity contribution in [1.29, 1.82) is 5.26 Å². The minimum atomic E-state index is -0.736. The SMILES string of the molecule is N#CC1(NC(=O)c2cc(=O)c3ccccc3[nH]2)CC1. The molecule has 0 aliphatic heterocycles. The first-order valence-electron chi connectivity index (χ1n) is 5.99. The van der Waals surface area contributed by atoms with Crippen molar-refractivity contribution in [3.63, 3.8) is 0 Å². The quantitative estimate of drug-likeness (QED) is 0.846. The Balaban J connectivity index is 2.00. The maximum Gasteiger partial charge on any atom is 0.269 e. The van der Waals surface area contributed by atoms with Crippen LogP contribution in [0.5, 0.6) is 0 Å². The van der Waals surface area contributed by atoms with Crippen LogP contribution < -0.4 is 10.7 Å².